The smallest absolute Gasteiger partial charge is 0.307 e. The van der Waals surface area contributed by atoms with E-state index in [1.807, 2.05) is 13.8 Å². The first kappa shape index (κ1) is 33.1. The monoisotopic (exact) mass is 498 g/mol. The van der Waals surface area contributed by atoms with Crippen LogP contribution in [0.2, 0.25) is 0 Å². The van der Waals surface area contributed by atoms with Gasteiger partial charge in [-0.1, -0.05) is 0 Å². The number of ether oxygens (including phenoxy) is 10. The summed E-state index contributed by atoms with van der Waals surface area (Å²) in [7, 11) is 1.35. The lowest BCUT2D eigenvalue weighted by atomic mass is 10.5. The predicted octanol–water partition coefficient (Wildman–Crippen LogP) is 1.11. The fraction of sp³-hybridized carbons (Fsp3) is 0.957. The number of carbonyl (C=O) groups excluding carboxylic acids is 1. The molecule has 0 aromatic rings. The number of methoxy groups -OCH3 is 1. The summed E-state index contributed by atoms with van der Waals surface area (Å²) >= 11 is 0. The maximum Gasteiger partial charge on any atom is 0.307 e. The van der Waals surface area contributed by atoms with E-state index in [0.29, 0.717) is 112 Å². The molecule has 0 atom stereocenters. The van der Waals surface area contributed by atoms with E-state index in [0.717, 1.165) is 0 Å². The van der Waals surface area contributed by atoms with Gasteiger partial charge in [0.2, 0.25) is 0 Å². The molecule has 0 unspecified atom stereocenters. The van der Waals surface area contributed by atoms with Crippen molar-refractivity contribution in [1.82, 2.24) is 0 Å². The highest BCUT2D eigenvalue weighted by atomic mass is 16.6. The van der Waals surface area contributed by atoms with Crippen LogP contribution in [0.3, 0.4) is 0 Å². The Labute approximate surface area is 204 Å². The molecule has 0 saturated heterocycles. The minimum Gasteiger partial charge on any atom is -0.469 e. The zero-order valence-electron chi connectivity index (χ0n) is 21.3. The number of hydrogen-bond donors (Lipinski definition) is 0. The summed E-state index contributed by atoms with van der Waals surface area (Å²) < 4.78 is 53.0. The molecule has 0 aromatic heterocycles. The van der Waals surface area contributed by atoms with Crippen molar-refractivity contribution in [3.8, 4) is 0 Å². The number of esters is 1. The largest absolute Gasteiger partial charge is 0.469 e. The second-order valence-corrected chi connectivity index (χ2v) is 7.14. The highest BCUT2D eigenvalue weighted by molar-refractivity contribution is 5.69. The summed E-state index contributed by atoms with van der Waals surface area (Å²) in [6.45, 7) is 12.6. The van der Waals surface area contributed by atoms with Gasteiger partial charge in [0.05, 0.1) is 132 Å². The summed E-state index contributed by atoms with van der Waals surface area (Å²) in [4.78, 5) is 10.9. The fourth-order valence-electron chi connectivity index (χ4n) is 2.24. The number of hydrogen-bond acceptors (Lipinski definition) is 11. The molecule has 0 aliphatic heterocycles. The second kappa shape index (κ2) is 28.3. The Balaban J connectivity index is 3.03. The molecule has 11 heteroatoms. The summed E-state index contributed by atoms with van der Waals surface area (Å²) in [5.74, 6) is -0.282. The Morgan fingerprint density at radius 2 is 0.735 bits per heavy atom. The van der Waals surface area contributed by atoms with Crippen LogP contribution >= 0.6 is 0 Å². The first-order valence-corrected chi connectivity index (χ1v) is 12.0. The average molecular weight is 499 g/mol. The van der Waals surface area contributed by atoms with Crippen molar-refractivity contribution in [1.29, 1.82) is 0 Å². The molecule has 11 nitrogen and oxygen atoms in total. The van der Waals surface area contributed by atoms with Crippen molar-refractivity contribution < 1.29 is 52.2 Å². The third-order valence-electron chi connectivity index (χ3n) is 3.96. The third-order valence-corrected chi connectivity index (χ3v) is 3.96. The van der Waals surface area contributed by atoms with Crippen LogP contribution in [0, 0.1) is 0 Å². The maximum absolute atomic E-state index is 10.9. The van der Waals surface area contributed by atoms with Crippen molar-refractivity contribution >= 4 is 5.97 Å². The van der Waals surface area contributed by atoms with E-state index in [4.69, 9.17) is 42.6 Å². The van der Waals surface area contributed by atoms with Gasteiger partial charge in [-0.25, -0.2) is 0 Å². The molecule has 0 bridgehead atoms. The molecule has 0 saturated carbocycles. The second-order valence-electron chi connectivity index (χ2n) is 7.14. The van der Waals surface area contributed by atoms with Crippen LogP contribution in [-0.2, 0) is 52.2 Å². The molecular formula is C23H46O11. The van der Waals surface area contributed by atoms with E-state index in [-0.39, 0.29) is 18.5 Å². The lowest BCUT2D eigenvalue weighted by molar-refractivity contribution is -0.141. The molecule has 0 radical (unpaired) electrons. The van der Waals surface area contributed by atoms with Gasteiger partial charge >= 0.3 is 5.97 Å². The summed E-state index contributed by atoms with van der Waals surface area (Å²) in [5.41, 5.74) is 0. The molecule has 0 heterocycles. The highest BCUT2D eigenvalue weighted by Gasteiger charge is 1.99. The van der Waals surface area contributed by atoms with Gasteiger partial charge in [0, 0.05) is 0 Å². The van der Waals surface area contributed by atoms with Crippen LogP contribution in [0.4, 0.5) is 0 Å². The fourth-order valence-corrected chi connectivity index (χ4v) is 2.24. The van der Waals surface area contributed by atoms with Gasteiger partial charge < -0.3 is 47.4 Å². The van der Waals surface area contributed by atoms with Gasteiger partial charge in [-0.2, -0.15) is 0 Å². The minimum atomic E-state index is -0.282. The van der Waals surface area contributed by atoms with Crippen molar-refractivity contribution in [3.63, 3.8) is 0 Å². The van der Waals surface area contributed by atoms with E-state index in [9.17, 15) is 4.79 Å². The lowest BCUT2D eigenvalue weighted by Gasteiger charge is -2.09. The van der Waals surface area contributed by atoms with Gasteiger partial charge in [-0.15, -0.1) is 0 Å². The van der Waals surface area contributed by atoms with Crippen LogP contribution in [0.15, 0.2) is 0 Å². The Hall–Kier alpha value is -0.890. The SMILES string of the molecule is COC(=O)CCOCCOCCOCCOCCOCCOCCOCCOCCOC(C)C. The van der Waals surface area contributed by atoms with Crippen molar-refractivity contribution in [2.24, 2.45) is 0 Å². The van der Waals surface area contributed by atoms with E-state index in [1.165, 1.54) is 7.11 Å². The van der Waals surface area contributed by atoms with Crippen LogP contribution in [0.25, 0.3) is 0 Å². The van der Waals surface area contributed by atoms with Crippen LogP contribution in [0.5, 0.6) is 0 Å². The first-order chi connectivity index (χ1) is 16.7. The van der Waals surface area contributed by atoms with E-state index in [2.05, 4.69) is 4.74 Å². The number of rotatable bonds is 28. The van der Waals surface area contributed by atoms with Gasteiger partial charge in [0.1, 0.15) is 0 Å². The Morgan fingerprint density at radius 1 is 0.471 bits per heavy atom. The quantitative estimate of drug-likeness (QED) is 0.114. The molecule has 0 N–H and O–H groups in total. The average Bonchev–Trinajstić information content (AvgIpc) is 2.83. The zero-order valence-corrected chi connectivity index (χ0v) is 21.3. The normalized spacial score (nSPS) is 11.4. The van der Waals surface area contributed by atoms with E-state index >= 15 is 0 Å². The molecule has 204 valence electrons. The van der Waals surface area contributed by atoms with Gasteiger partial charge in [-0.05, 0) is 13.8 Å². The summed E-state index contributed by atoms with van der Waals surface area (Å²) in [5, 5.41) is 0. The van der Waals surface area contributed by atoms with Crippen molar-refractivity contribution in [2.45, 2.75) is 26.4 Å². The topological polar surface area (TPSA) is 109 Å². The van der Waals surface area contributed by atoms with Crippen LogP contribution < -0.4 is 0 Å². The number of carbonyl (C=O) groups is 1. The van der Waals surface area contributed by atoms with Crippen molar-refractivity contribution in [3.05, 3.63) is 0 Å². The molecule has 0 aliphatic carbocycles. The van der Waals surface area contributed by atoms with Crippen molar-refractivity contribution in [2.75, 3.05) is 119 Å². The predicted molar refractivity (Wildman–Crippen MR) is 124 cm³/mol. The lowest BCUT2D eigenvalue weighted by Crippen LogP contribution is -2.15. The molecular weight excluding hydrogens is 452 g/mol. The van der Waals surface area contributed by atoms with Crippen LogP contribution in [-0.4, -0.2) is 132 Å². The third kappa shape index (κ3) is 29.1. The van der Waals surface area contributed by atoms with Gasteiger partial charge in [0.15, 0.2) is 0 Å². The summed E-state index contributed by atoms with van der Waals surface area (Å²) in [6, 6.07) is 0. The molecule has 0 spiro atoms. The van der Waals surface area contributed by atoms with Gasteiger partial charge in [-0.3, -0.25) is 4.79 Å². The summed E-state index contributed by atoms with van der Waals surface area (Å²) in [6.07, 6.45) is 0.483. The Bertz CT molecular complexity index is 410. The first-order valence-electron chi connectivity index (χ1n) is 12.0. The van der Waals surface area contributed by atoms with Gasteiger partial charge in [0.25, 0.3) is 0 Å². The molecule has 0 aromatic carbocycles. The Morgan fingerprint density at radius 3 is 1.00 bits per heavy atom. The standard InChI is InChI=1S/C23H46O11/c1-22(2)34-21-20-33-19-18-32-17-16-31-15-14-30-13-12-29-11-10-28-9-8-27-7-6-26-5-4-23(24)25-3/h22H,4-21H2,1-3H3. The van der Waals surface area contributed by atoms with Crippen LogP contribution in [0.1, 0.15) is 20.3 Å². The molecule has 0 fully saturated rings. The molecule has 0 amide bonds. The minimum absolute atomic E-state index is 0.232. The molecule has 34 heavy (non-hydrogen) atoms. The van der Waals surface area contributed by atoms with E-state index < -0.39 is 0 Å². The molecule has 0 aliphatic rings. The molecule has 0 rings (SSSR count). The Kier molecular flexibility index (Phi) is 27.6. The van der Waals surface area contributed by atoms with E-state index in [1.54, 1.807) is 0 Å². The maximum atomic E-state index is 10.9. The zero-order chi connectivity index (χ0) is 25.0. The highest BCUT2D eigenvalue weighted by Crippen LogP contribution is 1.89.